The first-order chi connectivity index (χ1) is 10.9. The second kappa shape index (κ2) is 7.62. The van der Waals surface area contributed by atoms with Crippen molar-refractivity contribution in [3.05, 3.63) is 64.7 Å². The summed E-state index contributed by atoms with van der Waals surface area (Å²) in [7, 11) is -3.36. The van der Waals surface area contributed by atoms with Gasteiger partial charge in [-0.3, -0.25) is 4.79 Å². The molecular weight excluding hydrogens is 336 g/mol. The molecule has 2 rings (SSSR count). The van der Waals surface area contributed by atoms with Crippen molar-refractivity contribution in [3.8, 4) is 0 Å². The largest absolute Gasteiger partial charge is 0.481 e. The van der Waals surface area contributed by atoms with Crippen molar-refractivity contribution in [1.82, 2.24) is 0 Å². The van der Waals surface area contributed by atoms with Gasteiger partial charge in [-0.05, 0) is 48.2 Å². The highest BCUT2D eigenvalue weighted by atomic mass is 35.5. The van der Waals surface area contributed by atoms with E-state index >= 15 is 0 Å². The van der Waals surface area contributed by atoms with Crippen molar-refractivity contribution in [2.45, 2.75) is 24.2 Å². The molecule has 6 heteroatoms. The predicted octanol–water partition coefficient (Wildman–Crippen LogP) is 3.37. The third kappa shape index (κ3) is 5.08. The number of rotatable bonds is 7. The standard InChI is InChI=1S/C17H17ClO4S/c18-15-7-9-16(10-8-15)23(21,22)11-3-6-13-4-1-2-5-14(13)12-17(19)20/h1-2,4-5,7-10H,3,6,11-12H2,(H,19,20). The molecule has 0 atom stereocenters. The molecule has 0 heterocycles. The third-order valence-corrected chi connectivity index (χ3v) is 5.56. The number of halogens is 1. The van der Waals surface area contributed by atoms with Gasteiger partial charge in [0.25, 0.3) is 0 Å². The average molecular weight is 353 g/mol. The van der Waals surface area contributed by atoms with Crippen LogP contribution in [0.4, 0.5) is 0 Å². The molecule has 0 radical (unpaired) electrons. The first-order valence-electron chi connectivity index (χ1n) is 7.15. The van der Waals surface area contributed by atoms with E-state index < -0.39 is 15.8 Å². The van der Waals surface area contributed by atoms with Gasteiger partial charge < -0.3 is 5.11 Å². The van der Waals surface area contributed by atoms with Gasteiger partial charge in [0.2, 0.25) is 0 Å². The number of hydrogen-bond donors (Lipinski definition) is 1. The van der Waals surface area contributed by atoms with Crippen LogP contribution in [0.2, 0.25) is 5.02 Å². The van der Waals surface area contributed by atoms with E-state index in [1.54, 1.807) is 24.3 Å². The second-order valence-corrected chi connectivity index (χ2v) is 7.76. The zero-order chi connectivity index (χ0) is 16.9. The molecule has 122 valence electrons. The minimum Gasteiger partial charge on any atom is -0.481 e. The Kier molecular flexibility index (Phi) is 5.80. The van der Waals surface area contributed by atoms with Crippen molar-refractivity contribution in [3.63, 3.8) is 0 Å². The van der Waals surface area contributed by atoms with E-state index in [9.17, 15) is 13.2 Å². The Labute approximate surface area is 140 Å². The Bertz CT molecular complexity index is 782. The van der Waals surface area contributed by atoms with Crippen molar-refractivity contribution < 1.29 is 18.3 Å². The van der Waals surface area contributed by atoms with Gasteiger partial charge in [-0.2, -0.15) is 0 Å². The Morgan fingerprint density at radius 3 is 2.22 bits per heavy atom. The van der Waals surface area contributed by atoms with Crippen LogP contribution in [0.1, 0.15) is 17.5 Å². The van der Waals surface area contributed by atoms with Gasteiger partial charge in [-0.25, -0.2) is 8.42 Å². The molecule has 0 unspecified atom stereocenters. The van der Waals surface area contributed by atoms with Gasteiger partial charge in [0.05, 0.1) is 17.1 Å². The van der Waals surface area contributed by atoms with Crippen LogP contribution in [0.3, 0.4) is 0 Å². The highest BCUT2D eigenvalue weighted by molar-refractivity contribution is 7.91. The van der Waals surface area contributed by atoms with Crippen molar-refractivity contribution in [2.75, 3.05) is 5.75 Å². The molecule has 0 aliphatic carbocycles. The number of aliphatic carboxylic acids is 1. The maximum Gasteiger partial charge on any atom is 0.307 e. The van der Waals surface area contributed by atoms with Crippen LogP contribution >= 0.6 is 11.6 Å². The quantitative estimate of drug-likeness (QED) is 0.829. The van der Waals surface area contributed by atoms with Crippen molar-refractivity contribution >= 4 is 27.4 Å². The second-order valence-electron chi connectivity index (χ2n) is 5.22. The van der Waals surface area contributed by atoms with Gasteiger partial charge in [-0.1, -0.05) is 35.9 Å². The lowest BCUT2D eigenvalue weighted by atomic mass is 10.0. The van der Waals surface area contributed by atoms with Crippen LogP contribution in [0.15, 0.2) is 53.4 Å². The predicted molar refractivity (Wildman–Crippen MR) is 89.6 cm³/mol. The first kappa shape index (κ1) is 17.5. The van der Waals surface area contributed by atoms with Gasteiger partial charge in [0.15, 0.2) is 9.84 Å². The monoisotopic (exact) mass is 352 g/mol. The van der Waals surface area contributed by atoms with E-state index in [0.29, 0.717) is 17.9 Å². The molecule has 23 heavy (non-hydrogen) atoms. The molecule has 0 fully saturated rings. The first-order valence-corrected chi connectivity index (χ1v) is 9.18. The van der Waals surface area contributed by atoms with Gasteiger partial charge in [0, 0.05) is 5.02 Å². The highest BCUT2D eigenvalue weighted by Crippen LogP contribution is 2.18. The number of benzene rings is 2. The van der Waals surface area contributed by atoms with Crippen LogP contribution in [0, 0.1) is 0 Å². The normalized spacial score (nSPS) is 11.3. The molecule has 0 saturated carbocycles. The Morgan fingerprint density at radius 1 is 1.00 bits per heavy atom. The topological polar surface area (TPSA) is 71.4 Å². The molecular formula is C17H17ClO4S. The third-order valence-electron chi connectivity index (χ3n) is 3.49. The lowest BCUT2D eigenvalue weighted by Crippen LogP contribution is -2.09. The fourth-order valence-corrected chi connectivity index (χ4v) is 3.79. The summed E-state index contributed by atoms with van der Waals surface area (Å²) in [6, 6.07) is 13.3. The van der Waals surface area contributed by atoms with E-state index in [0.717, 1.165) is 11.1 Å². The number of carbonyl (C=O) groups is 1. The molecule has 0 bridgehead atoms. The summed E-state index contributed by atoms with van der Waals surface area (Å²) >= 11 is 5.76. The lowest BCUT2D eigenvalue weighted by Gasteiger charge is -2.08. The van der Waals surface area contributed by atoms with Gasteiger partial charge >= 0.3 is 5.97 Å². The van der Waals surface area contributed by atoms with E-state index in [-0.39, 0.29) is 17.1 Å². The van der Waals surface area contributed by atoms with E-state index in [1.165, 1.54) is 12.1 Å². The molecule has 0 aromatic heterocycles. The minimum atomic E-state index is -3.36. The van der Waals surface area contributed by atoms with Crippen LogP contribution in [-0.2, 0) is 27.5 Å². The summed E-state index contributed by atoms with van der Waals surface area (Å²) in [4.78, 5) is 11.1. The van der Waals surface area contributed by atoms with Crippen LogP contribution < -0.4 is 0 Å². The molecule has 0 saturated heterocycles. The minimum absolute atomic E-state index is 0.00996. The average Bonchev–Trinajstić information content (AvgIpc) is 2.49. The van der Waals surface area contributed by atoms with E-state index in [4.69, 9.17) is 16.7 Å². The van der Waals surface area contributed by atoms with Gasteiger partial charge in [0.1, 0.15) is 0 Å². The van der Waals surface area contributed by atoms with E-state index in [1.807, 2.05) is 12.1 Å². The van der Waals surface area contributed by atoms with Crippen LogP contribution in [0.25, 0.3) is 0 Å². The van der Waals surface area contributed by atoms with Crippen LogP contribution in [0.5, 0.6) is 0 Å². The summed E-state index contributed by atoms with van der Waals surface area (Å²) in [5.41, 5.74) is 1.60. The Balaban J connectivity index is 2.02. The highest BCUT2D eigenvalue weighted by Gasteiger charge is 2.14. The molecule has 0 spiro atoms. The van der Waals surface area contributed by atoms with E-state index in [2.05, 4.69) is 0 Å². The number of carboxylic acid groups (broad SMARTS) is 1. The molecule has 2 aromatic rings. The molecule has 0 amide bonds. The molecule has 2 aromatic carbocycles. The summed E-state index contributed by atoms with van der Waals surface area (Å²) in [5, 5.41) is 9.40. The molecule has 0 aliphatic rings. The SMILES string of the molecule is O=C(O)Cc1ccccc1CCCS(=O)(=O)c1ccc(Cl)cc1. The van der Waals surface area contributed by atoms with Gasteiger partial charge in [-0.15, -0.1) is 0 Å². The maximum atomic E-state index is 12.3. The maximum absolute atomic E-state index is 12.3. The molecule has 0 aliphatic heterocycles. The number of hydrogen-bond acceptors (Lipinski definition) is 3. The Morgan fingerprint density at radius 2 is 1.61 bits per heavy atom. The summed E-state index contributed by atoms with van der Waals surface area (Å²) < 4.78 is 24.5. The number of sulfone groups is 1. The Hall–Kier alpha value is -1.85. The summed E-state index contributed by atoms with van der Waals surface area (Å²) in [5.74, 6) is -0.887. The molecule has 4 nitrogen and oxygen atoms in total. The smallest absolute Gasteiger partial charge is 0.307 e. The van der Waals surface area contributed by atoms with Crippen LogP contribution in [-0.4, -0.2) is 25.2 Å². The number of carboxylic acids is 1. The molecule has 1 N–H and O–H groups in total. The zero-order valence-electron chi connectivity index (χ0n) is 12.4. The van der Waals surface area contributed by atoms with Crippen molar-refractivity contribution in [2.24, 2.45) is 0 Å². The zero-order valence-corrected chi connectivity index (χ0v) is 14.0. The fraction of sp³-hybridized carbons (Fsp3) is 0.235. The summed E-state index contributed by atoms with van der Waals surface area (Å²) in [6.45, 7) is 0. The fourth-order valence-electron chi connectivity index (χ4n) is 2.35. The van der Waals surface area contributed by atoms with Crippen molar-refractivity contribution in [1.29, 1.82) is 0 Å². The summed E-state index contributed by atoms with van der Waals surface area (Å²) in [6.07, 6.45) is 0.901. The number of aryl methyl sites for hydroxylation is 1. The lowest BCUT2D eigenvalue weighted by molar-refractivity contribution is -0.136.